The van der Waals surface area contributed by atoms with Crippen LogP contribution in [0.3, 0.4) is 0 Å². The van der Waals surface area contributed by atoms with Gasteiger partial charge in [0.1, 0.15) is 0 Å². The van der Waals surface area contributed by atoms with Crippen molar-refractivity contribution in [2.75, 3.05) is 19.6 Å². The van der Waals surface area contributed by atoms with E-state index in [0.29, 0.717) is 6.54 Å². The van der Waals surface area contributed by atoms with Crippen molar-refractivity contribution in [2.45, 2.75) is 39.8 Å². The number of hydrogen-bond donors (Lipinski definition) is 2. The van der Waals surface area contributed by atoms with Crippen LogP contribution in [0, 0.1) is 0 Å². The first kappa shape index (κ1) is 19.6. The lowest BCUT2D eigenvalue weighted by Crippen LogP contribution is -2.44. The molecule has 128 valence electrons. The third-order valence-electron chi connectivity index (χ3n) is 3.38. The third-order valence-corrected chi connectivity index (χ3v) is 4.10. The number of nitrogens with one attached hydrogen (secondary N) is 2. The van der Waals surface area contributed by atoms with Gasteiger partial charge in [0.2, 0.25) is 11.8 Å². The van der Waals surface area contributed by atoms with Crippen molar-refractivity contribution in [1.29, 1.82) is 0 Å². The van der Waals surface area contributed by atoms with Gasteiger partial charge in [-0.15, -0.1) is 0 Å². The second kappa shape index (κ2) is 9.67. The Bertz CT molecular complexity index is 534. The van der Waals surface area contributed by atoms with Crippen LogP contribution >= 0.6 is 15.9 Å². The standard InChI is InChI=1S/C17H26BrN3O2/c1-5-21(10-16(22)19-12(2)3)11-17(23)20-13(4)14-8-6-7-9-15(14)18/h6-9,12-13H,5,10-11H2,1-4H3,(H,19,22)(H,20,23)/t13-/m0/s1. The smallest absolute Gasteiger partial charge is 0.234 e. The first-order valence-electron chi connectivity index (χ1n) is 7.89. The summed E-state index contributed by atoms with van der Waals surface area (Å²) in [6.45, 7) is 8.79. The van der Waals surface area contributed by atoms with Crippen LogP contribution in [-0.4, -0.2) is 42.4 Å². The van der Waals surface area contributed by atoms with Gasteiger partial charge >= 0.3 is 0 Å². The van der Waals surface area contributed by atoms with Gasteiger partial charge in [0.15, 0.2) is 0 Å². The molecular weight excluding hydrogens is 358 g/mol. The maximum absolute atomic E-state index is 12.2. The van der Waals surface area contributed by atoms with Crippen LogP contribution in [-0.2, 0) is 9.59 Å². The molecule has 1 aromatic rings. The fourth-order valence-corrected chi connectivity index (χ4v) is 2.87. The van der Waals surface area contributed by atoms with Gasteiger partial charge in [-0.25, -0.2) is 0 Å². The molecule has 23 heavy (non-hydrogen) atoms. The van der Waals surface area contributed by atoms with Gasteiger partial charge in [-0.3, -0.25) is 14.5 Å². The first-order valence-corrected chi connectivity index (χ1v) is 8.68. The van der Waals surface area contributed by atoms with Gasteiger partial charge in [-0.1, -0.05) is 41.1 Å². The minimum Gasteiger partial charge on any atom is -0.353 e. The largest absolute Gasteiger partial charge is 0.353 e. The minimum absolute atomic E-state index is 0.0616. The van der Waals surface area contributed by atoms with Gasteiger partial charge in [0.05, 0.1) is 19.1 Å². The topological polar surface area (TPSA) is 61.4 Å². The zero-order valence-electron chi connectivity index (χ0n) is 14.2. The molecule has 0 heterocycles. The maximum atomic E-state index is 12.2. The fraction of sp³-hybridized carbons (Fsp3) is 0.529. The van der Waals surface area contributed by atoms with E-state index in [1.807, 2.05) is 56.9 Å². The second-order valence-corrected chi connectivity index (χ2v) is 6.69. The summed E-state index contributed by atoms with van der Waals surface area (Å²) < 4.78 is 0.969. The van der Waals surface area contributed by atoms with E-state index in [0.717, 1.165) is 10.0 Å². The van der Waals surface area contributed by atoms with Crippen molar-refractivity contribution in [3.8, 4) is 0 Å². The van der Waals surface area contributed by atoms with E-state index in [2.05, 4.69) is 26.6 Å². The summed E-state index contributed by atoms with van der Waals surface area (Å²) in [5, 5.41) is 5.81. The van der Waals surface area contributed by atoms with Crippen LogP contribution in [0.5, 0.6) is 0 Å². The summed E-state index contributed by atoms with van der Waals surface area (Å²) in [5.74, 6) is -0.152. The summed E-state index contributed by atoms with van der Waals surface area (Å²) in [6.07, 6.45) is 0. The summed E-state index contributed by atoms with van der Waals surface area (Å²) in [5.41, 5.74) is 1.03. The van der Waals surface area contributed by atoms with Gasteiger partial charge < -0.3 is 10.6 Å². The van der Waals surface area contributed by atoms with E-state index < -0.39 is 0 Å². The Balaban J connectivity index is 2.53. The average Bonchev–Trinajstić information content (AvgIpc) is 2.45. The number of hydrogen-bond acceptors (Lipinski definition) is 3. The summed E-state index contributed by atoms with van der Waals surface area (Å²) in [7, 11) is 0. The van der Waals surface area contributed by atoms with Crippen molar-refractivity contribution < 1.29 is 9.59 Å². The average molecular weight is 384 g/mol. The Morgan fingerprint density at radius 1 is 1.09 bits per heavy atom. The predicted molar refractivity (Wildman–Crippen MR) is 96.1 cm³/mol. The number of rotatable bonds is 8. The number of benzene rings is 1. The van der Waals surface area contributed by atoms with Crippen molar-refractivity contribution >= 4 is 27.7 Å². The lowest BCUT2D eigenvalue weighted by atomic mass is 10.1. The van der Waals surface area contributed by atoms with E-state index in [-0.39, 0.29) is 37.0 Å². The molecule has 1 atom stereocenters. The summed E-state index contributed by atoms with van der Waals surface area (Å²) >= 11 is 3.49. The van der Waals surface area contributed by atoms with E-state index in [9.17, 15) is 9.59 Å². The second-order valence-electron chi connectivity index (χ2n) is 5.84. The van der Waals surface area contributed by atoms with Gasteiger partial charge in [-0.2, -0.15) is 0 Å². The number of carbonyl (C=O) groups excluding carboxylic acids is 2. The molecular formula is C17H26BrN3O2. The molecule has 0 radical (unpaired) electrons. The highest BCUT2D eigenvalue weighted by Crippen LogP contribution is 2.22. The number of carbonyl (C=O) groups is 2. The van der Waals surface area contributed by atoms with E-state index in [1.54, 1.807) is 0 Å². The molecule has 0 saturated heterocycles. The van der Waals surface area contributed by atoms with Crippen LogP contribution in [0.1, 0.15) is 39.3 Å². The lowest BCUT2D eigenvalue weighted by molar-refractivity contribution is -0.125. The Labute approximate surface area is 146 Å². The SMILES string of the molecule is CCN(CC(=O)NC(C)C)CC(=O)N[C@@H](C)c1ccccc1Br. The number of halogens is 1. The van der Waals surface area contributed by atoms with Crippen LogP contribution < -0.4 is 10.6 Å². The fourth-order valence-electron chi connectivity index (χ4n) is 2.24. The van der Waals surface area contributed by atoms with Crippen molar-refractivity contribution in [3.63, 3.8) is 0 Å². The normalized spacial score (nSPS) is 12.3. The van der Waals surface area contributed by atoms with Crippen LogP contribution in [0.4, 0.5) is 0 Å². The molecule has 0 aliphatic carbocycles. The van der Waals surface area contributed by atoms with E-state index in [1.165, 1.54) is 0 Å². The molecule has 2 N–H and O–H groups in total. The Morgan fingerprint density at radius 2 is 1.65 bits per heavy atom. The molecule has 2 amide bonds. The Morgan fingerprint density at radius 3 is 2.17 bits per heavy atom. The molecule has 0 bridgehead atoms. The zero-order valence-corrected chi connectivity index (χ0v) is 15.8. The highest BCUT2D eigenvalue weighted by molar-refractivity contribution is 9.10. The predicted octanol–water partition coefficient (Wildman–Crippen LogP) is 2.47. The maximum Gasteiger partial charge on any atom is 0.234 e. The van der Waals surface area contributed by atoms with Gasteiger partial charge in [0.25, 0.3) is 0 Å². The van der Waals surface area contributed by atoms with Gasteiger partial charge in [0, 0.05) is 10.5 Å². The quantitative estimate of drug-likeness (QED) is 0.724. The first-order chi connectivity index (χ1) is 10.8. The van der Waals surface area contributed by atoms with Crippen molar-refractivity contribution in [2.24, 2.45) is 0 Å². The Kier molecular flexibility index (Phi) is 8.26. The highest BCUT2D eigenvalue weighted by Gasteiger charge is 2.16. The highest BCUT2D eigenvalue weighted by atomic mass is 79.9. The molecule has 5 nitrogen and oxygen atoms in total. The Hall–Kier alpha value is -1.40. The van der Waals surface area contributed by atoms with E-state index in [4.69, 9.17) is 0 Å². The molecule has 0 unspecified atom stereocenters. The summed E-state index contributed by atoms with van der Waals surface area (Å²) in [6, 6.07) is 7.81. The monoisotopic (exact) mass is 383 g/mol. The van der Waals surface area contributed by atoms with Crippen molar-refractivity contribution in [1.82, 2.24) is 15.5 Å². The molecule has 0 aliphatic rings. The number of nitrogens with zero attached hydrogens (tertiary/aromatic N) is 1. The molecule has 0 aromatic heterocycles. The molecule has 0 spiro atoms. The molecule has 1 rings (SSSR count). The zero-order chi connectivity index (χ0) is 17.4. The van der Waals surface area contributed by atoms with Crippen molar-refractivity contribution in [3.05, 3.63) is 34.3 Å². The molecule has 1 aromatic carbocycles. The lowest BCUT2D eigenvalue weighted by Gasteiger charge is -2.22. The molecule has 0 fully saturated rings. The van der Waals surface area contributed by atoms with Crippen LogP contribution in [0.2, 0.25) is 0 Å². The minimum atomic E-state index is -0.0960. The summed E-state index contributed by atoms with van der Waals surface area (Å²) in [4.78, 5) is 25.8. The third kappa shape index (κ3) is 7.14. The number of amides is 2. The van der Waals surface area contributed by atoms with Gasteiger partial charge in [-0.05, 0) is 38.9 Å². The number of likely N-dealkylation sites (N-methyl/N-ethyl adjacent to an activating group) is 1. The molecule has 0 saturated carbocycles. The van der Waals surface area contributed by atoms with E-state index >= 15 is 0 Å². The molecule has 6 heteroatoms. The van der Waals surface area contributed by atoms with Crippen LogP contribution in [0.15, 0.2) is 28.7 Å². The molecule has 0 aliphatic heterocycles. The van der Waals surface area contributed by atoms with Crippen LogP contribution in [0.25, 0.3) is 0 Å².